The second kappa shape index (κ2) is 7.54. The van der Waals surface area contributed by atoms with Crippen molar-refractivity contribution in [1.29, 1.82) is 0 Å². The molecule has 0 amide bonds. The van der Waals surface area contributed by atoms with E-state index in [0.717, 1.165) is 42.7 Å². The molecule has 6 nitrogen and oxygen atoms in total. The van der Waals surface area contributed by atoms with E-state index in [1.54, 1.807) is 0 Å². The van der Waals surface area contributed by atoms with Crippen LogP contribution in [0.1, 0.15) is 43.2 Å². The summed E-state index contributed by atoms with van der Waals surface area (Å²) in [6.45, 7) is 2.62. The molecule has 1 saturated carbocycles. The van der Waals surface area contributed by atoms with Crippen molar-refractivity contribution in [2.24, 2.45) is 21.5 Å². The van der Waals surface area contributed by atoms with Gasteiger partial charge in [-0.05, 0) is 62.4 Å². The Hall–Kier alpha value is -3.02. The van der Waals surface area contributed by atoms with Gasteiger partial charge in [-0.2, -0.15) is 4.99 Å². The maximum Gasteiger partial charge on any atom is 0.220 e. The third-order valence-corrected chi connectivity index (χ3v) is 5.47. The van der Waals surface area contributed by atoms with Gasteiger partial charge in [-0.25, -0.2) is 4.99 Å². The summed E-state index contributed by atoms with van der Waals surface area (Å²) in [5.74, 6) is 1.49. The number of rotatable bonds is 4. The standard InChI is InChI=1S/C22H27N5O/c1-16-5-7-17(8-6-16)15-28-19-11-9-18(10-12-19)27-21(24)25-20(23)26-22(27)13-3-2-4-14-22/h5-12H,2-4,13-15H2,1H3,(H4,23,24,25,26). The molecule has 1 fully saturated rings. The zero-order chi connectivity index (χ0) is 19.6. The molecule has 146 valence electrons. The van der Waals surface area contributed by atoms with Gasteiger partial charge in [-0.1, -0.05) is 36.2 Å². The lowest BCUT2D eigenvalue weighted by atomic mass is 9.87. The van der Waals surface area contributed by atoms with Crippen LogP contribution in [-0.2, 0) is 6.61 Å². The van der Waals surface area contributed by atoms with Crippen molar-refractivity contribution >= 4 is 17.6 Å². The number of anilines is 1. The molecule has 0 bridgehead atoms. The number of nitrogens with two attached hydrogens (primary N) is 2. The van der Waals surface area contributed by atoms with Gasteiger partial charge in [0.2, 0.25) is 11.9 Å². The molecule has 1 aliphatic heterocycles. The summed E-state index contributed by atoms with van der Waals surface area (Å²) in [4.78, 5) is 11.0. The lowest BCUT2D eigenvalue weighted by Gasteiger charge is -2.45. The summed E-state index contributed by atoms with van der Waals surface area (Å²) in [6, 6.07) is 16.3. The Kier molecular flexibility index (Phi) is 4.94. The average molecular weight is 377 g/mol. The lowest BCUT2D eigenvalue weighted by Crippen LogP contribution is -2.58. The fourth-order valence-corrected chi connectivity index (χ4v) is 4.04. The molecule has 1 heterocycles. The Labute approximate surface area is 165 Å². The third-order valence-electron chi connectivity index (χ3n) is 5.47. The molecule has 1 aliphatic carbocycles. The number of hydrogen-bond acceptors (Lipinski definition) is 6. The summed E-state index contributed by atoms with van der Waals surface area (Å²) >= 11 is 0. The summed E-state index contributed by atoms with van der Waals surface area (Å²) < 4.78 is 5.93. The highest BCUT2D eigenvalue weighted by molar-refractivity contribution is 6.05. The second-order valence-corrected chi connectivity index (χ2v) is 7.59. The highest BCUT2D eigenvalue weighted by atomic mass is 16.5. The number of aliphatic imine (C=N–C) groups is 2. The summed E-state index contributed by atoms with van der Waals surface area (Å²) in [5, 5.41) is 0. The van der Waals surface area contributed by atoms with Crippen LogP contribution in [0.4, 0.5) is 5.69 Å². The molecule has 2 aromatic rings. The summed E-state index contributed by atoms with van der Waals surface area (Å²) in [6.07, 6.45) is 5.29. The van der Waals surface area contributed by atoms with Crippen molar-refractivity contribution in [3.8, 4) is 5.75 Å². The van der Waals surface area contributed by atoms with E-state index in [9.17, 15) is 0 Å². The predicted octanol–water partition coefficient (Wildman–Crippen LogP) is 3.68. The minimum Gasteiger partial charge on any atom is -0.489 e. The Bertz CT molecular complexity index is 880. The summed E-state index contributed by atoms with van der Waals surface area (Å²) in [7, 11) is 0. The van der Waals surface area contributed by atoms with Gasteiger partial charge in [0.1, 0.15) is 18.0 Å². The second-order valence-electron chi connectivity index (χ2n) is 7.59. The maximum atomic E-state index is 6.28. The van der Waals surface area contributed by atoms with E-state index in [1.807, 2.05) is 29.2 Å². The molecule has 28 heavy (non-hydrogen) atoms. The molecular formula is C22H27N5O. The van der Waals surface area contributed by atoms with Crippen LogP contribution < -0.4 is 21.1 Å². The molecule has 4 rings (SSSR count). The fraction of sp³-hybridized carbons (Fsp3) is 0.364. The molecule has 1 spiro atoms. The molecular weight excluding hydrogens is 350 g/mol. The number of benzene rings is 2. The predicted molar refractivity (Wildman–Crippen MR) is 113 cm³/mol. The van der Waals surface area contributed by atoms with Crippen LogP contribution >= 0.6 is 0 Å². The van der Waals surface area contributed by atoms with Crippen LogP contribution in [0.15, 0.2) is 58.5 Å². The number of aryl methyl sites for hydroxylation is 1. The summed E-state index contributed by atoms with van der Waals surface area (Å²) in [5.41, 5.74) is 15.1. The highest BCUT2D eigenvalue weighted by Crippen LogP contribution is 2.39. The van der Waals surface area contributed by atoms with Crippen LogP contribution in [0.5, 0.6) is 5.75 Å². The molecule has 0 atom stereocenters. The van der Waals surface area contributed by atoms with Crippen molar-refractivity contribution < 1.29 is 4.74 Å². The minimum atomic E-state index is -0.418. The van der Waals surface area contributed by atoms with Crippen LogP contribution in [0.25, 0.3) is 0 Å². The molecule has 0 radical (unpaired) electrons. The molecule has 0 aromatic heterocycles. The first-order valence-electron chi connectivity index (χ1n) is 9.84. The van der Waals surface area contributed by atoms with Crippen molar-refractivity contribution in [2.45, 2.75) is 51.3 Å². The third kappa shape index (κ3) is 3.67. The van der Waals surface area contributed by atoms with Gasteiger partial charge in [0.25, 0.3) is 0 Å². The minimum absolute atomic E-state index is 0.272. The van der Waals surface area contributed by atoms with E-state index in [-0.39, 0.29) is 5.96 Å². The average Bonchev–Trinajstić information content (AvgIpc) is 2.68. The zero-order valence-electron chi connectivity index (χ0n) is 16.3. The van der Waals surface area contributed by atoms with Gasteiger partial charge >= 0.3 is 0 Å². The molecule has 6 heteroatoms. The van der Waals surface area contributed by atoms with Gasteiger partial charge in [-0.3, -0.25) is 4.90 Å². The molecule has 2 aromatic carbocycles. The zero-order valence-corrected chi connectivity index (χ0v) is 16.3. The lowest BCUT2D eigenvalue weighted by molar-refractivity contribution is 0.303. The van der Waals surface area contributed by atoms with E-state index < -0.39 is 5.66 Å². The van der Waals surface area contributed by atoms with Gasteiger partial charge in [0.05, 0.1) is 0 Å². The smallest absolute Gasteiger partial charge is 0.220 e. The Morgan fingerprint density at radius 2 is 1.64 bits per heavy atom. The first-order chi connectivity index (χ1) is 13.6. The van der Waals surface area contributed by atoms with Crippen molar-refractivity contribution in [3.63, 3.8) is 0 Å². The molecule has 0 saturated heterocycles. The number of hydrogen-bond donors (Lipinski definition) is 2. The number of nitrogens with zero attached hydrogens (tertiary/aromatic N) is 3. The van der Waals surface area contributed by atoms with E-state index in [4.69, 9.17) is 21.2 Å². The fourth-order valence-electron chi connectivity index (χ4n) is 4.04. The van der Waals surface area contributed by atoms with Crippen molar-refractivity contribution in [3.05, 3.63) is 59.7 Å². The van der Waals surface area contributed by atoms with E-state index in [1.165, 1.54) is 12.0 Å². The van der Waals surface area contributed by atoms with E-state index >= 15 is 0 Å². The SMILES string of the molecule is Cc1ccc(COc2ccc(N3C(N)=NC(N)=NC34CCCCC4)cc2)cc1. The Morgan fingerprint density at radius 3 is 2.32 bits per heavy atom. The van der Waals surface area contributed by atoms with Crippen LogP contribution in [-0.4, -0.2) is 17.6 Å². The Morgan fingerprint density at radius 1 is 0.964 bits per heavy atom. The van der Waals surface area contributed by atoms with E-state index in [0.29, 0.717) is 12.6 Å². The first kappa shape index (κ1) is 18.3. The topological polar surface area (TPSA) is 89.2 Å². The van der Waals surface area contributed by atoms with Crippen LogP contribution in [0.3, 0.4) is 0 Å². The molecule has 4 N–H and O–H groups in total. The maximum absolute atomic E-state index is 6.28. The van der Waals surface area contributed by atoms with Crippen LogP contribution in [0.2, 0.25) is 0 Å². The quantitative estimate of drug-likeness (QED) is 0.850. The molecule has 0 unspecified atom stereocenters. The van der Waals surface area contributed by atoms with E-state index in [2.05, 4.69) is 36.2 Å². The number of ether oxygens (including phenoxy) is 1. The molecule has 2 aliphatic rings. The van der Waals surface area contributed by atoms with Gasteiger partial charge in [0.15, 0.2) is 0 Å². The Balaban J connectivity index is 1.52. The van der Waals surface area contributed by atoms with Gasteiger partial charge in [0, 0.05) is 5.69 Å². The van der Waals surface area contributed by atoms with Crippen molar-refractivity contribution in [2.75, 3.05) is 4.90 Å². The number of guanidine groups is 2. The highest BCUT2D eigenvalue weighted by Gasteiger charge is 2.42. The monoisotopic (exact) mass is 377 g/mol. The normalized spacial score (nSPS) is 18.5. The van der Waals surface area contributed by atoms with Gasteiger partial charge in [-0.15, -0.1) is 0 Å². The van der Waals surface area contributed by atoms with Crippen molar-refractivity contribution in [1.82, 2.24) is 0 Å². The first-order valence-corrected chi connectivity index (χ1v) is 9.84. The largest absolute Gasteiger partial charge is 0.489 e. The van der Waals surface area contributed by atoms with Crippen LogP contribution in [0, 0.1) is 6.92 Å². The van der Waals surface area contributed by atoms with Gasteiger partial charge < -0.3 is 16.2 Å².